The van der Waals surface area contributed by atoms with Crippen LogP contribution in [0.1, 0.15) is 57.0 Å². The Hall–Kier alpha value is -3.23. The van der Waals surface area contributed by atoms with Gasteiger partial charge in [0.15, 0.2) is 0 Å². The van der Waals surface area contributed by atoms with Crippen LogP contribution < -0.4 is 11.1 Å². The molecule has 0 radical (unpaired) electrons. The van der Waals surface area contributed by atoms with E-state index in [0.717, 1.165) is 52.7 Å². The van der Waals surface area contributed by atoms with Gasteiger partial charge in [0.2, 0.25) is 0 Å². The van der Waals surface area contributed by atoms with Crippen LogP contribution in [-0.4, -0.2) is 24.0 Å². The highest BCUT2D eigenvalue weighted by atomic mass is 32.1. The van der Waals surface area contributed by atoms with E-state index in [9.17, 15) is 9.59 Å². The van der Waals surface area contributed by atoms with Crippen LogP contribution in [0, 0.1) is 0 Å². The van der Waals surface area contributed by atoms with Gasteiger partial charge in [-0.05, 0) is 42.9 Å². The molecule has 1 aliphatic rings. The predicted octanol–water partition coefficient (Wildman–Crippen LogP) is 6.30. The second kappa shape index (κ2) is 9.56. The maximum atomic E-state index is 13.3. The Morgan fingerprint density at radius 3 is 2.62 bits per heavy atom. The topological polar surface area (TPSA) is 94.3 Å². The number of nitrogens with two attached hydrogens (primary N) is 1. The molecule has 1 aromatic carbocycles. The molecule has 3 heterocycles. The van der Waals surface area contributed by atoms with Gasteiger partial charge >= 0.3 is 5.97 Å². The van der Waals surface area contributed by atoms with Crippen molar-refractivity contribution in [1.29, 1.82) is 0 Å². The SMILES string of the molecule is COC(=O)c1c(-c2ccccc2)csc1NC(=O)c1sc2nc3c(cc2c1N)CCCCCC3. The number of pyridine rings is 1. The number of benzene rings is 1. The van der Waals surface area contributed by atoms with E-state index < -0.39 is 5.97 Å². The number of rotatable bonds is 4. The van der Waals surface area contributed by atoms with E-state index in [2.05, 4.69) is 11.4 Å². The number of nitrogens with zero attached hydrogens (tertiary/aromatic N) is 1. The molecule has 0 aliphatic heterocycles. The standard InChI is InChI=1S/C26H25N3O3S2/c1-32-26(31)20-18(15-9-6-4-7-10-15)14-33-25(20)29-23(30)22-21(27)17-13-16-11-5-2-3-8-12-19(16)28-24(17)34-22/h4,6-7,9-10,13-14H,2-3,5,8,11-12,27H2,1H3,(H,29,30). The van der Waals surface area contributed by atoms with Crippen molar-refractivity contribution in [1.82, 2.24) is 4.98 Å². The summed E-state index contributed by atoms with van der Waals surface area (Å²) in [5.41, 5.74) is 11.2. The second-order valence-corrected chi connectivity index (χ2v) is 10.2. The molecule has 0 saturated carbocycles. The lowest BCUT2D eigenvalue weighted by atomic mass is 9.96. The summed E-state index contributed by atoms with van der Waals surface area (Å²) in [6.45, 7) is 0. The maximum absolute atomic E-state index is 13.3. The average Bonchev–Trinajstić information content (AvgIpc) is 3.40. The van der Waals surface area contributed by atoms with Gasteiger partial charge in [0.25, 0.3) is 5.91 Å². The fraction of sp³-hybridized carbons (Fsp3) is 0.269. The smallest absolute Gasteiger partial charge is 0.341 e. The first-order valence-electron chi connectivity index (χ1n) is 11.3. The van der Waals surface area contributed by atoms with Gasteiger partial charge < -0.3 is 15.8 Å². The Kier molecular flexibility index (Phi) is 6.34. The van der Waals surface area contributed by atoms with Crippen molar-refractivity contribution in [3.8, 4) is 11.1 Å². The zero-order chi connectivity index (χ0) is 23.7. The summed E-state index contributed by atoms with van der Waals surface area (Å²) in [6, 6.07) is 11.7. The molecule has 0 unspecified atom stereocenters. The summed E-state index contributed by atoms with van der Waals surface area (Å²) in [6.07, 6.45) is 6.71. The lowest BCUT2D eigenvalue weighted by Crippen LogP contribution is -2.14. The summed E-state index contributed by atoms with van der Waals surface area (Å²) >= 11 is 2.59. The summed E-state index contributed by atoms with van der Waals surface area (Å²) in [5, 5.41) is 6.03. The molecule has 3 N–H and O–H groups in total. The van der Waals surface area contributed by atoms with E-state index in [4.69, 9.17) is 15.5 Å². The normalized spacial score (nSPS) is 13.7. The number of carbonyl (C=O) groups excluding carboxylic acids is 2. The molecule has 5 rings (SSSR count). The number of ether oxygens (including phenoxy) is 1. The highest BCUT2D eigenvalue weighted by Gasteiger charge is 2.25. The molecule has 3 aromatic heterocycles. The summed E-state index contributed by atoms with van der Waals surface area (Å²) in [5.74, 6) is -0.847. The third-order valence-corrected chi connectivity index (χ3v) is 8.21. The van der Waals surface area contributed by atoms with Crippen molar-refractivity contribution in [3.63, 3.8) is 0 Å². The minimum Gasteiger partial charge on any atom is -0.465 e. The number of thiophene rings is 2. The number of carbonyl (C=O) groups is 2. The molecular formula is C26H25N3O3S2. The molecule has 8 heteroatoms. The van der Waals surface area contributed by atoms with Gasteiger partial charge in [-0.1, -0.05) is 43.2 Å². The first kappa shape index (κ1) is 22.6. The van der Waals surface area contributed by atoms with Gasteiger partial charge in [-0.25, -0.2) is 9.78 Å². The van der Waals surface area contributed by atoms with Crippen LogP contribution in [0.5, 0.6) is 0 Å². The van der Waals surface area contributed by atoms with Crippen LogP contribution in [0.2, 0.25) is 0 Å². The van der Waals surface area contributed by atoms with E-state index in [0.29, 0.717) is 21.1 Å². The number of anilines is 2. The molecule has 6 nitrogen and oxygen atoms in total. The average molecular weight is 492 g/mol. The molecule has 1 aliphatic carbocycles. The molecule has 1 amide bonds. The number of fused-ring (bicyclic) bond motifs is 2. The number of esters is 1. The van der Waals surface area contributed by atoms with E-state index in [1.807, 2.05) is 35.7 Å². The first-order chi connectivity index (χ1) is 16.6. The number of aryl methyl sites for hydroxylation is 2. The molecule has 34 heavy (non-hydrogen) atoms. The van der Waals surface area contributed by atoms with Crippen molar-refractivity contribution in [2.45, 2.75) is 38.5 Å². The van der Waals surface area contributed by atoms with Gasteiger partial charge in [0.1, 0.15) is 20.3 Å². The quantitative estimate of drug-likeness (QED) is 0.327. The Bertz CT molecular complexity index is 1380. The van der Waals surface area contributed by atoms with Gasteiger partial charge in [-0.15, -0.1) is 22.7 Å². The Morgan fingerprint density at radius 2 is 1.85 bits per heavy atom. The van der Waals surface area contributed by atoms with Gasteiger partial charge in [-0.2, -0.15) is 0 Å². The van der Waals surface area contributed by atoms with Crippen LogP contribution in [0.15, 0.2) is 41.8 Å². The van der Waals surface area contributed by atoms with Crippen LogP contribution in [0.3, 0.4) is 0 Å². The fourth-order valence-corrected chi connectivity index (χ4v) is 6.37. The zero-order valence-electron chi connectivity index (χ0n) is 18.8. The fourth-order valence-electron chi connectivity index (χ4n) is 4.43. The van der Waals surface area contributed by atoms with Gasteiger partial charge in [-0.3, -0.25) is 4.79 Å². The van der Waals surface area contributed by atoms with Crippen molar-refractivity contribution in [3.05, 3.63) is 63.5 Å². The Labute approximate surface area is 205 Å². The minimum absolute atomic E-state index is 0.341. The Morgan fingerprint density at radius 1 is 1.09 bits per heavy atom. The highest BCUT2D eigenvalue weighted by Crippen LogP contribution is 2.39. The zero-order valence-corrected chi connectivity index (χ0v) is 20.5. The molecule has 0 bridgehead atoms. The predicted molar refractivity (Wildman–Crippen MR) is 139 cm³/mol. The number of hydrogen-bond acceptors (Lipinski definition) is 7. The van der Waals surface area contributed by atoms with Crippen LogP contribution >= 0.6 is 22.7 Å². The van der Waals surface area contributed by atoms with Crippen molar-refractivity contribution < 1.29 is 14.3 Å². The lowest BCUT2D eigenvalue weighted by molar-refractivity contribution is 0.0603. The van der Waals surface area contributed by atoms with Gasteiger partial charge in [0, 0.05) is 22.0 Å². The summed E-state index contributed by atoms with van der Waals surface area (Å²) < 4.78 is 5.02. The third kappa shape index (κ3) is 4.19. The Balaban J connectivity index is 1.50. The van der Waals surface area contributed by atoms with E-state index >= 15 is 0 Å². The number of nitrogen functional groups attached to an aromatic ring is 1. The molecule has 0 spiro atoms. The monoisotopic (exact) mass is 491 g/mol. The second-order valence-electron chi connectivity index (χ2n) is 8.37. The van der Waals surface area contributed by atoms with Crippen LogP contribution in [0.4, 0.5) is 10.7 Å². The number of methoxy groups -OCH3 is 1. The molecule has 174 valence electrons. The lowest BCUT2D eigenvalue weighted by Gasteiger charge is -2.12. The number of amides is 1. The number of nitrogens with one attached hydrogen (secondary N) is 1. The molecule has 0 atom stereocenters. The van der Waals surface area contributed by atoms with Crippen molar-refractivity contribution >= 4 is 55.5 Å². The van der Waals surface area contributed by atoms with E-state index in [-0.39, 0.29) is 5.91 Å². The minimum atomic E-state index is -0.499. The number of aromatic nitrogens is 1. The summed E-state index contributed by atoms with van der Waals surface area (Å²) in [7, 11) is 1.34. The third-order valence-electron chi connectivity index (χ3n) is 6.20. The highest BCUT2D eigenvalue weighted by molar-refractivity contribution is 7.21. The van der Waals surface area contributed by atoms with Crippen molar-refractivity contribution in [2.75, 3.05) is 18.2 Å². The molecule has 4 aromatic rings. The number of hydrogen-bond donors (Lipinski definition) is 2. The largest absolute Gasteiger partial charge is 0.465 e. The van der Waals surface area contributed by atoms with Crippen LogP contribution in [0.25, 0.3) is 21.3 Å². The summed E-state index contributed by atoms with van der Waals surface area (Å²) in [4.78, 5) is 32.0. The van der Waals surface area contributed by atoms with Crippen LogP contribution in [-0.2, 0) is 17.6 Å². The molecular weight excluding hydrogens is 466 g/mol. The molecule has 0 fully saturated rings. The van der Waals surface area contributed by atoms with E-state index in [1.165, 1.54) is 48.2 Å². The van der Waals surface area contributed by atoms with Gasteiger partial charge in [0.05, 0.1) is 12.8 Å². The maximum Gasteiger partial charge on any atom is 0.341 e. The molecule has 0 saturated heterocycles. The first-order valence-corrected chi connectivity index (χ1v) is 13.0. The van der Waals surface area contributed by atoms with E-state index in [1.54, 1.807) is 0 Å². The van der Waals surface area contributed by atoms with Crippen molar-refractivity contribution in [2.24, 2.45) is 0 Å².